The maximum absolute atomic E-state index is 12.6. The molecule has 1 heterocycles. The summed E-state index contributed by atoms with van der Waals surface area (Å²) in [6.45, 7) is 10.5. The molecule has 2 atom stereocenters. The minimum absolute atomic E-state index is 0.239. The summed E-state index contributed by atoms with van der Waals surface area (Å²) in [4.78, 5) is 23.5. The molecule has 1 aliphatic heterocycles. The minimum Gasteiger partial charge on any atom is -0.456 e. The zero-order valence-corrected chi connectivity index (χ0v) is 16.9. The number of carbonyl (C=O) groups excluding carboxylic acids is 1. The molecule has 2 rings (SSSR count). The Morgan fingerprint density at radius 1 is 1.26 bits per heavy atom. The first-order valence-electron chi connectivity index (χ1n) is 9.13. The van der Waals surface area contributed by atoms with Crippen LogP contribution in [0.4, 0.5) is 0 Å². The monoisotopic (exact) mass is 379 g/mol. The SMILES string of the molecule is CC1(C)O[C@@H]([C@@H](CCC(C)(C)[N+](=O)[O-])OC(=O)c2ccccc2)C(C)(C)O1. The fraction of sp³-hybridized carbons (Fsp3) is 0.650. The van der Waals surface area contributed by atoms with Gasteiger partial charge in [0.15, 0.2) is 5.79 Å². The molecule has 1 aromatic carbocycles. The summed E-state index contributed by atoms with van der Waals surface area (Å²) >= 11 is 0. The Labute approximate surface area is 160 Å². The van der Waals surface area contributed by atoms with Crippen molar-refractivity contribution < 1.29 is 23.9 Å². The Kier molecular flexibility index (Phi) is 5.97. The summed E-state index contributed by atoms with van der Waals surface area (Å²) in [6, 6.07) is 8.66. The third-order valence-electron chi connectivity index (χ3n) is 4.75. The molecule has 27 heavy (non-hydrogen) atoms. The van der Waals surface area contributed by atoms with Crippen LogP contribution in [-0.4, -0.2) is 40.0 Å². The van der Waals surface area contributed by atoms with Gasteiger partial charge in [0.25, 0.3) is 0 Å². The molecule has 0 aromatic heterocycles. The van der Waals surface area contributed by atoms with E-state index in [1.165, 1.54) is 0 Å². The van der Waals surface area contributed by atoms with Gasteiger partial charge in [-0.2, -0.15) is 0 Å². The minimum atomic E-state index is -1.13. The van der Waals surface area contributed by atoms with E-state index in [4.69, 9.17) is 14.2 Å². The molecule has 7 nitrogen and oxygen atoms in total. The maximum Gasteiger partial charge on any atom is 0.338 e. The highest BCUT2D eigenvalue weighted by Crippen LogP contribution is 2.40. The number of hydrogen-bond acceptors (Lipinski definition) is 6. The average Bonchev–Trinajstić information content (AvgIpc) is 2.79. The first kappa shape index (κ1) is 21.3. The van der Waals surface area contributed by atoms with E-state index in [0.717, 1.165) is 0 Å². The van der Waals surface area contributed by atoms with Crippen LogP contribution in [0.3, 0.4) is 0 Å². The zero-order chi connectivity index (χ0) is 20.5. The van der Waals surface area contributed by atoms with Crippen molar-refractivity contribution in [2.45, 2.75) is 83.5 Å². The molecule has 1 saturated heterocycles. The van der Waals surface area contributed by atoms with Crippen molar-refractivity contribution in [2.24, 2.45) is 0 Å². The van der Waals surface area contributed by atoms with Crippen LogP contribution in [0.5, 0.6) is 0 Å². The number of hydrogen-bond donors (Lipinski definition) is 0. The Bertz CT molecular complexity index is 683. The molecule has 0 N–H and O–H groups in total. The van der Waals surface area contributed by atoms with Gasteiger partial charge in [-0.05, 0) is 46.2 Å². The summed E-state index contributed by atoms with van der Waals surface area (Å²) < 4.78 is 17.7. The van der Waals surface area contributed by atoms with Gasteiger partial charge in [0.05, 0.1) is 11.2 Å². The van der Waals surface area contributed by atoms with Crippen LogP contribution >= 0.6 is 0 Å². The van der Waals surface area contributed by atoms with Crippen LogP contribution in [0.2, 0.25) is 0 Å². The lowest BCUT2D eigenvalue weighted by Gasteiger charge is -2.31. The number of esters is 1. The van der Waals surface area contributed by atoms with Gasteiger partial charge in [-0.15, -0.1) is 0 Å². The van der Waals surface area contributed by atoms with E-state index in [9.17, 15) is 14.9 Å². The number of nitrogens with zero attached hydrogens (tertiary/aromatic N) is 1. The molecule has 7 heteroatoms. The number of rotatable bonds is 7. The van der Waals surface area contributed by atoms with Crippen molar-refractivity contribution >= 4 is 5.97 Å². The molecule has 0 unspecified atom stereocenters. The van der Waals surface area contributed by atoms with E-state index in [1.807, 2.05) is 19.9 Å². The Hall–Kier alpha value is -1.99. The van der Waals surface area contributed by atoms with E-state index in [-0.39, 0.29) is 11.3 Å². The van der Waals surface area contributed by atoms with Gasteiger partial charge >= 0.3 is 5.97 Å². The molecule has 0 saturated carbocycles. The zero-order valence-electron chi connectivity index (χ0n) is 16.9. The van der Waals surface area contributed by atoms with Crippen LogP contribution < -0.4 is 0 Å². The van der Waals surface area contributed by atoms with E-state index >= 15 is 0 Å². The topological polar surface area (TPSA) is 87.9 Å². The summed E-state index contributed by atoms with van der Waals surface area (Å²) in [6.07, 6.45) is -0.681. The summed E-state index contributed by atoms with van der Waals surface area (Å²) in [5.74, 6) is -1.31. The Morgan fingerprint density at radius 3 is 2.33 bits per heavy atom. The molecule has 0 amide bonds. The average molecular weight is 379 g/mol. The quantitative estimate of drug-likeness (QED) is 0.404. The van der Waals surface area contributed by atoms with Gasteiger partial charge in [0.1, 0.15) is 12.2 Å². The van der Waals surface area contributed by atoms with E-state index in [1.54, 1.807) is 52.0 Å². The van der Waals surface area contributed by atoms with Crippen molar-refractivity contribution in [2.75, 3.05) is 0 Å². The number of benzene rings is 1. The number of ether oxygens (including phenoxy) is 3. The lowest BCUT2D eigenvalue weighted by atomic mass is 9.90. The fourth-order valence-corrected chi connectivity index (χ4v) is 3.33. The van der Waals surface area contributed by atoms with Crippen molar-refractivity contribution in [1.82, 2.24) is 0 Å². The van der Waals surface area contributed by atoms with E-state index < -0.39 is 35.1 Å². The normalized spacial score (nSPS) is 22.2. The second kappa shape index (κ2) is 7.56. The van der Waals surface area contributed by atoms with E-state index in [2.05, 4.69) is 0 Å². The molecule has 0 aliphatic carbocycles. The fourth-order valence-electron chi connectivity index (χ4n) is 3.33. The van der Waals surface area contributed by atoms with Crippen LogP contribution in [0, 0.1) is 10.1 Å². The lowest BCUT2D eigenvalue weighted by Crippen LogP contribution is -2.45. The summed E-state index contributed by atoms with van der Waals surface area (Å²) in [5.41, 5.74) is -1.41. The summed E-state index contributed by atoms with van der Waals surface area (Å²) in [5, 5.41) is 11.3. The van der Waals surface area contributed by atoms with Crippen molar-refractivity contribution in [3.05, 3.63) is 46.0 Å². The van der Waals surface area contributed by atoms with Gasteiger partial charge in [0, 0.05) is 25.2 Å². The van der Waals surface area contributed by atoms with Gasteiger partial charge in [0.2, 0.25) is 5.54 Å². The van der Waals surface area contributed by atoms with Crippen molar-refractivity contribution in [3.8, 4) is 0 Å². The standard InChI is InChI=1S/C20H29NO6/c1-18(2,21(23)24)13-12-15(16-19(3,4)27-20(5,6)26-16)25-17(22)14-10-8-7-9-11-14/h7-11,15-16H,12-13H2,1-6H3/t15-,16+/m1/s1. The molecule has 1 aromatic rings. The Balaban J connectivity index is 2.23. The maximum atomic E-state index is 12.6. The van der Waals surface area contributed by atoms with Crippen LogP contribution in [0.1, 0.15) is 64.7 Å². The first-order valence-corrected chi connectivity index (χ1v) is 9.13. The second-order valence-electron chi connectivity index (χ2n) is 8.56. The Morgan fingerprint density at radius 2 is 1.85 bits per heavy atom. The predicted molar refractivity (Wildman–Crippen MR) is 100 cm³/mol. The van der Waals surface area contributed by atoms with Crippen LogP contribution in [0.15, 0.2) is 30.3 Å². The van der Waals surface area contributed by atoms with Crippen LogP contribution in [-0.2, 0) is 14.2 Å². The highest BCUT2D eigenvalue weighted by molar-refractivity contribution is 5.89. The van der Waals surface area contributed by atoms with Gasteiger partial charge in [-0.3, -0.25) is 10.1 Å². The van der Waals surface area contributed by atoms with Gasteiger partial charge in [-0.25, -0.2) is 4.79 Å². The smallest absolute Gasteiger partial charge is 0.338 e. The third-order valence-corrected chi connectivity index (χ3v) is 4.75. The van der Waals surface area contributed by atoms with Crippen LogP contribution in [0.25, 0.3) is 0 Å². The number of nitro groups is 1. The molecular weight excluding hydrogens is 350 g/mol. The molecule has 150 valence electrons. The third kappa shape index (κ3) is 5.26. The molecule has 1 aliphatic rings. The largest absolute Gasteiger partial charge is 0.456 e. The second-order valence-corrected chi connectivity index (χ2v) is 8.56. The first-order chi connectivity index (χ1) is 12.3. The van der Waals surface area contributed by atoms with Crippen molar-refractivity contribution in [1.29, 1.82) is 0 Å². The molecule has 0 bridgehead atoms. The highest BCUT2D eigenvalue weighted by Gasteiger charge is 2.52. The molecule has 0 radical (unpaired) electrons. The predicted octanol–water partition coefficient (Wildman–Crippen LogP) is 3.98. The lowest BCUT2D eigenvalue weighted by molar-refractivity contribution is -0.562. The highest BCUT2D eigenvalue weighted by atomic mass is 16.8. The van der Waals surface area contributed by atoms with Gasteiger partial charge < -0.3 is 14.2 Å². The summed E-state index contributed by atoms with van der Waals surface area (Å²) in [7, 11) is 0. The molecule has 1 fully saturated rings. The van der Waals surface area contributed by atoms with Crippen molar-refractivity contribution in [3.63, 3.8) is 0 Å². The molecule has 0 spiro atoms. The number of carbonyl (C=O) groups is 1. The van der Waals surface area contributed by atoms with Gasteiger partial charge in [-0.1, -0.05) is 18.2 Å². The molecular formula is C20H29NO6. The van der Waals surface area contributed by atoms with E-state index in [0.29, 0.717) is 12.0 Å².